The molecule has 5 aromatic rings. The molecule has 56 heavy (non-hydrogen) atoms. The standard InChI is InChI=1S/C41H43N7O7S/c1-42-37(49)13-14-43-40(52)36-18-25-16-26(11-12-35(25)56-36)45-39(51)32-19-27(22-46(32)2)44-38(50)10-7-15-55-34-21-31-29(20-33(34)54-4)41(53)48-28(23-47(31)3)17-24-8-5-6-9-30(24)48/h5-6,8-9,11-12,16,18-22,28H,7,10,13-15,17,23H2,1-4H3,(H,42,49)(H,43,52)(H,44,50)(H,45,51)/t28-/m0/s1. The zero-order valence-corrected chi connectivity index (χ0v) is 32.4. The Kier molecular flexibility index (Phi) is 11.0. The largest absolute Gasteiger partial charge is 0.493 e. The highest BCUT2D eigenvalue weighted by atomic mass is 32.1. The number of likely N-dealkylation sites (N-methyl/N-ethyl adjacent to an activating group) is 1. The monoisotopic (exact) mass is 777 g/mol. The van der Waals surface area contributed by atoms with Gasteiger partial charge in [-0.05, 0) is 66.3 Å². The summed E-state index contributed by atoms with van der Waals surface area (Å²) in [6, 6.07) is 20.4. The first-order valence-corrected chi connectivity index (χ1v) is 19.1. The number of nitrogens with one attached hydrogen (secondary N) is 4. The number of benzene rings is 3. The van der Waals surface area contributed by atoms with Gasteiger partial charge in [-0.1, -0.05) is 18.2 Å². The molecule has 2 aliphatic rings. The number of rotatable bonds is 13. The van der Waals surface area contributed by atoms with Crippen LogP contribution < -0.4 is 40.5 Å². The number of ether oxygens (including phenoxy) is 2. The van der Waals surface area contributed by atoms with Crippen molar-refractivity contribution in [2.45, 2.75) is 31.7 Å². The van der Waals surface area contributed by atoms with Crippen LogP contribution in [0.3, 0.4) is 0 Å². The SMILES string of the molecule is CNC(=O)CCNC(=O)c1cc2cc(NC(=O)c3cc(NC(=O)CCCOc4cc5c(cc4OC)C(=O)N4c6ccccc6C[C@H]4CN5C)cn3C)ccc2s1. The van der Waals surface area contributed by atoms with Crippen LogP contribution in [0, 0.1) is 0 Å². The minimum atomic E-state index is -0.365. The van der Waals surface area contributed by atoms with Gasteiger partial charge in [0.1, 0.15) is 5.69 Å². The van der Waals surface area contributed by atoms with Crippen LogP contribution in [0.4, 0.5) is 22.7 Å². The summed E-state index contributed by atoms with van der Waals surface area (Å²) in [5, 5.41) is 11.8. The van der Waals surface area contributed by atoms with Gasteiger partial charge in [-0.15, -0.1) is 11.3 Å². The number of methoxy groups -OCH3 is 1. The third kappa shape index (κ3) is 7.89. The van der Waals surface area contributed by atoms with E-state index in [4.69, 9.17) is 9.47 Å². The van der Waals surface area contributed by atoms with E-state index in [1.54, 1.807) is 55.2 Å². The van der Waals surface area contributed by atoms with Gasteiger partial charge >= 0.3 is 0 Å². The van der Waals surface area contributed by atoms with Crippen molar-refractivity contribution >= 4 is 73.7 Å². The Morgan fingerprint density at radius 3 is 2.50 bits per heavy atom. The third-order valence-electron chi connectivity index (χ3n) is 9.94. The van der Waals surface area contributed by atoms with Gasteiger partial charge in [0.25, 0.3) is 17.7 Å². The molecule has 4 heterocycles. The first-order valence-electron chi connectivity index (χ1n) is 18.3. The number of aromatic nitrogens is 1. The van der Waals surface area contributed by atoms with Crippen LogP contribution in [0.25, 0.3) is 10.1 Å². The maximum atomic E-state index is 13.9. The third-order valence-corrected chi connectivity index (χ3v) is 11.1. The number of carbonyl (C=O) groups excluding carboxylic acids is 5. The van der Waals surface area contributed by atoms with Crippen LogP contribution in [-0.2, 0) is 23.1 Å². The van der Waals surface area contributed by atoms with Crippen LogP contribution in [-0.4, -0.2) is 81.0 Å². The van der Waals surface area contributed by atoms with Gasteiger partial charge in [0.15, 0.2) is 11.5 Å². The molecule has 0 aliphatic carbocycles. The number of aryl methyl sites for hydroxylation is 1. The van der Waals surface area contributed by atoms with Gasteiger partial charge in [0.05, 0.1) is 41.6 Å². The van der Waals surface area contributed by atoms with Gasteiger partial charge in [0.2, 0.25) is 11.8 Å². The van der Waals surface area contributed by atoms with E-state index in [0.717, 1.165) is 33.4 Å². The predicted molar refractivity (Wildman–Crippen MR) is 217 cm³/mol. The lowest BCUT2D eigenvalue weighted by Gasteiger charge is -2.25. The molecule has 7 rings (SSSR count). The van der Waals surface area contributed by atoms with Gasteiger partial charge < -0.3 is 45.1 Å². The van der Waals surface area contributed by atoms with Gasteiger partial charge in [-0.25, -0.2) is 0 Å². The first kappa shape index (κ1) is 37.9. The lowest BCUT2D eigenvalue weighted by Crippen LogP contribution is -2.41. The normalized spacial score (nSPS) is 14.4. The Bertz CT molecular complexity index is 2350. The summed E-state index contributed by atoms with van der Waals surface area (Å²) < 4.78 is 14.3. The van der Waals surface area contributed by atoms with Crippen molar-refractivity contribution in [3.63, 3.8) is 0 Å². The average molecular weight is 778 g/mol. The van der Waals surface area contributed by atoms with Crippen molar-refractivity contribution in [2.75, 3.05) is 61.3 Å². The second-order valence-electron chi connectivity index (χ2n) is 13.8. The number of amides is 5. The molecule has 14 nitrogen and oxygen atoms in total. The summed E-state index contributed by atoms with van der Waals surface area (Å²) in [6.07, 6.45) is 3.24. The zero-order chi connectivity index (χ0) is 39.5. The average Bonchev–Trinajstić information content (AvgIpc) is 3.88. The van der Waals surface area contributed by atoms with Crippen LogP contribution in [0.15, 0.2) is 72.9 Å². The number of hydrogen-bond donors (Lipinski definition) is 4. The molecule has 3 aromatic carbocycles. The summed E-state index contributed by atoms with van der Waals surface area (Å²) in [5.41, 5.74) is 4.78. The molecule has 0 saturated carbocycles. The van der Waals surface area contributed by atoms with Crippen molar-refractivity contribution in [1.82, 2.24) is 15.2 Å². The molecular weight excluding hydrogens is 735 g/mol. The Morgan fingerprint density at radius 2 is 1.70 bits per heavy atom. The van der Waals surface area contributed by atoms with E-state index in [1.807, 2.05) is 42.3 Å². The van der Waals surface area contributed by atoms with Crippen LogP contribution >= 0.6 is 11.3 Å². The van der Waals surface area contributed by atoms with Crippen LogP contribution in [0.5, 0.6) is 11.5 Å². The molecule has 0 spiro atoms. The van der Waals surface area contributed by atoms with Crippen LogP contribution in [0.2, 0.25) is 0 Å². The molecule has 0 unspecified atom stereocenters. The topological polar surface area (TPSA) is 163 Å². The highest BCUT2D eigenvalue weighted by Gasteiger charge is 2.39. The lowest BCUT2D eigenvalue weighted by atomic mass is 10.1. The second kappa shape index (κ2) is 16.2. The predicted octanol–water partition coefficient (Wildman–Crippen LogP) is 5.19. The van der Waals surface area contributed by atoms with E-state index in [1.165, 1.54) is 18.4 Å². The quantitative estimate of drug-likeness (QED) is 0.119. The van der Waals surface area contributed by atoms with Crippen molar-refractivity contribution < 1.29 is 33.4 Å². The van der Waals surface area contributed by atoms with Gasteiger partial charge in [-0.2, -0.15) is 0 Å². The zero-order valence-electron chi connectivity index (χ0n) is 31.6. The van der Waals surface area contributed by atoms with E-state index in [-0.39, 0.29) is 61.6 Å². The van der Waals surface area contributed by atoms with E-state index >= 15 is 0 Å². The Labute approximate surface area is 327 Å². The number of carbonyl (C=O) groups is 5. The van der Waals surface area contributed by atoms with Crippen molar-refractivity contribution in [1.29, 1.82) is 0 Å². The van der Waals surface area contributed by atoms with E-state index in [2.05, 4.69) is 32.2 Å². The van der Waals surface area contributed by atoms with Gasteiger partial charge in [-0.3, -0.25) is 24.0 Å². The van der Waals surface area contributed by atoms with Crippen LogP contribution in [0.1, 0.15) is 55.3 Å². The number of nitrogens with zero attached hydrogens (tertiary/aromatic N) is 3. The second-order valence-corrected chi connectivity index (χ2v) is 14.9. The summed E-state index contributed by atoms with van der Waals surface area (Å²) in [7, 11) is 6.78. The van der Waals surface area contributed by atoms with E-state index in [0.29, 0.717) is 52.0 Å². The highest BCUT2D eigenvalue weighted by molar-refractivity contribution is 7.20. The van der Waals surface area contributed by atoms with Crippen molar-refractivity contribution in [3.8, 4) is 11.5 Å². The Hall–Kier alpha value is -6.35. The number of para-hydroxylation sites is 1. The summed E-state index contributed by atoms with van der Waals surface area (Å²) in [4.78, 5) is 68.5. The number of thiophene rings is 1. The van der Waals surface area contributed by atoms with Gasteiger partial charge in [0, 0.05) is 75.4 Å². The fourth-order valence-corrected chi connectivity index (χ4v) is 8.12. The number of fused-ring (bicyclic) bond motifs is 5. The molecule has 0 radical (unpaired) electrons. The molecule has 15 heteroatoms. The minimum Gasteiger partial charge on any atom is -0.493 e. The maximum absolute atomic E-state index is 13.9. The molecule has 2 aromatic heterocycles. The fourth-order valence-electron chi connectivity index (χ4n) is 7.16. The Morgan fingerprint density at radius 1 is 0.875 bits per heavy atom. The lowest BCUT2D eigenvalue weighted by molar-refractivity contribution is -0.120. The fraction of sp³-hybridized carbons (Fsp3) is 0.293. The molecule has 0 saturated heterocycles. The molecule has 2 aliphatic heterocycles. The summed E-state index contributed by atoms with van der Waals surface area (Å²) in [6.45, 7) is 1.13. The highest BCUT2D eigenvalue weighted by Crippen LogP contribution is 2.42. The smallest absolute Gasteiger partial charge is 0.272 e. The molecule has 290 valence electrons. The van der Waals surface area contributed by atoms with E-state index in [9.17, 15) is 24.0 Å². The Balaban J connectivity index is 0.917. The number of hydrogen-bond acceptors (Lipinski definition) is 9. The number of anilines is 4. The van der Waals surface area contributed by atoms with Crippen molar-refractivity contribution in [3.05, 3.63) is 94.6 Å². The molecule has 0 fully saturated rings. The molecule has 4 N–H and O–H groups in total. The van der Waals surface area contributed by atoms with Crippen molar-refractivity contribution in [2.24, 2.45) is 7.05 Å². The summed E-state index contributed by atoms with van der Waals surface area (Å²) >= 11 is 1.32. The molecule has 5 amide bonds. The molecular formula is C41H43N7O7S. The maximum Gasteiger partial charge on any atom is 0.272 e. The molecule has 0 bridgehead atoms. The first-order chi connectivity index (χ1) is 27.0. The molecule has 1 atom stereocenters. The van der Waals surface area contributed by atoms with E-state index < -0.39 is 0 Å². The minimum absolute atomic E-state index is 0.0218. The summed E-state index contributed by atoms with van der Waals surface area (Å²) in [5.74, 6) is -0.164.